The number of Topliss-reactive ketones (excluding diaryl/α,β-unsaturated/α-hetero) is 1. The van der Waals surface area contributed by atoms with Crippen LogP contribution in [0.4, 0.5) is 5.69 Å². The second kappa shape index (κ2) is 8.63. The molecule has 2 rings (SSSR count). The minimum absolute atomic E-state index is 0.0943. The van der Waals surface area contributed by atoms with Crippen LogP contribution in [0.3, 0.4) is 0 Å². The second-order valence-corrected chi connectivity index (χ2v) is 6.13. The molecule has 0 aliphatic carbocycles. The summed E-state index contributed by atoms with van der Waals surface area (Å²) < 4.78 is 15.8. The Morgan fingerprint density at radius 3 is 1.92 bits per heavy atom. The monoisotopic (exact) mass is 375 g/mol. The molecule has 5 nitrogen and oxygen atoms in total. The molecule has 0 spiro atoms. The Kier molecular flexibility index (Phi) is 6.52. The Bertz CT molecular complexity index is 788. The van der Waals surface area contributed by atoms with Gasteiger partial charge in [-0.15, -0.1) is 0 Å². The summed E-state index contributed by atoms with van der Waals surface area (Å²) in [5.41, 5.74) is 2.25. The van der Waals surface area contributed by atoms with Crippen molar-refractivity contribution in [3.63, 3.8) is 0 Å². The molecule has 2 aromatic rings. The molecule has 0 aliphatic heterocycles. The van der Waals surface area contributed by atoms with Crippen molar-refractivity contribution in [3.05, 3.63) is 52.6 Å². The molecule has 0 atom stereocenters. The Morgan fingerprint density at radius 1 is 0.962 bits per heavy atom. The Morgan fingerprint density at radius 2 is 1.50 bits per heavy atom. The lowest BCUT2D eigenvalue weighted by Crippen LogP contribution is -2.08. The lowest BCUT2D eigenvalue weighted by atomic mass is 10.1. The SMILES string of the molecule is COc1cc(C(=O)C(Cl)=Cc2ccc(N(C)C)cc2)cc(OC)c1OC. The largest absolute Gasteiger partial charge is 0.493 e. The highest BCUT2D eigenvalue weighted by molar-refractivity contribution is 6.47. The predicted octanol–water partition coefficient (Wildman–Crippen LogP) is 4.24. The van der Waals surface area contributed by atoms with Gasteiger partial charge in [-0.1, -0.05) is 23.7 Å². The third-order valence-corrected chi connectivity index (χ3v) is 4.13. The van der Waals surface area contributed by atoms with Crippen LogP contribution in [0.1, 0.15) is 15.9 Å². The minimum Gasteiger partial charge on any atom is -0.493 e. The van der Waals surface area contributed by atoms with Gasteiger partial charge in [0, 0.05) is 25.3 Å². The highest BCUT2D eigenvalue weighted by Gasteiger charge is 2.18. The summed E-state index contributed by atoms with van der Waals surface area (Å²) in [5, 5.41) is 0.0943. The van der Waals surface area contributed by atoms with Crippen LogP contribution in [0.5, 0.6) is 17.2 Å². The van der Waals surface area contributed by atoms with Crippen molar-refractivity contribution in [3.8, 4) is 17.2 Å². The quantitative estimate of drug-likeness (QED) is 0.535. The smallest absolute Gasteiger partial charge is 0.204 e. The van der Waals surface area contributed by atoms with Crippen molar-refractivity contribution in [1.82, 2.24) is 0 Å². The summed E-state index contributed by atoms with van der Waals surface area (Å²) in [5.74, 6) is 0.888. The molecule has 26 heavy (non-hydrogen) atoms. The van der Waals surface area contributed by atoms with Crippen LogP contribution in [0.25, 0.3) is 6.08 Å². The normalized spacial score (nSPS) is 11.1. The molecular weight excluding hydrogens is 354 g/mol. The number of ether oxygens (including phenoxy) is 3. The van der Waals surface area contributed by atoms with Crippen LogP contribution in [-0.4, -0.2) is 41.2 Å². The summed E-state index contributed by atoms with van der Waals surface area (Å²) in [7, 11) is 8.42. The van der Waals surface area contributed by atoms with Crippen LogP contribution in [-0.2, 0) is 0 Å². The maximum absolute atomic E-state index is 12.7. The molecular formula is C20H22ClNO4. The summed E-state index contributed by atoms with van der Waals surface area (Å²) in [6.07, 6.45) is 1.63. The molecule has 138 valence electrons. The molecule has 0 fully saturated rings. The summed E-state index contributed by atoms with van der Waals surface area (Å²) in [6.45, 7) is 0. The molecule has 0 saturated heterocycles. The van der Waals surface area contributed by atoms with Crippen LogP contribution in [0.2, 0.25) is 0 Å². The lowest BCUT2D eigenvalue weighted by molar-refractivity contribution is 0.104. The van der Waals surface area contributed by atoms with E-state index in [9.17, 15) is 4.79 Å². The predicted molar refractivity (Wildman–Crippen MR) is 105 cm³/mol. The van der Waals surface area contributed by atoms with Crippen molar-refractivity contribution in [2.75, 3.05) is 40.3 Å². The van der Waals surface area contributed by atoms with E-state index in [1.807, 2.05) is 43.3 Å². The molecule has 0 N–H and O–H groups in total. The van der Waals surface area contributed by atoms with Gasteiger partial charge in [0.2, 0.25) is 11.5 Å². The molecule has 0 heterocycles. The number of hydrogen-bond acceptors (Lipinski definition) is 5. The van der Waals surface area contributed by atoms with Crippen molar-refractivity contribution in [2.24, 2.45) is 0 Å². The fourth-order valence-corrected chi connectivity index (χ4v) is 2.67. The molecule has 0 saturated carbocycles. The first-order valence-corrected chi connectivity index (χ1v) is 8.28. The van der Waals surface area contributed by atoms with E-state index in [1.54, 1.807) is 18.2 Å². The molecule has 0 unspecified atom stereocenters. The highest BCUT2D eigenvalue weighted by Crippen LogP contribution is 2.39. The van der Waals surface area contributed by atoms with Gasteiger partial charge in [-0.05, 0) is 35.9 Å². The molecule has 6 heteroatoms. The van der Waals surface area contributed by atoms with Gasteiger partial charge in [-0.25, -0.2) is 0 Å². The number of halogens is 1. The zero-order valence-electron chi connectivity index (χ0n) is 15.5. The van der Waals surface area contributed by atoms with Crippen LogP contribution in [0, 0.1) is 0 Å². The number of ketones is 1. The number of benzene rings is 2. The number of methoxy groups -OCH3 is 3. The topological polar surface area (TPSA) is 48.0 Å². The number of allylic oxidation sites excluding steroid dienone is 1. The average Bonchev–Trinajstić information content (AvgIpc) is 2.66. The van der Waals surface area contributed by atoms with Crippen LogP contribution >= 0.6 is 11.6 Å². The fraction of sp³-hybridized carbons (Fsp3) is 0.250. The van der Waals surface area contributed by atoms with E-state index in [0.717, 1.165) is 11.3 Å². The van der Waals surface area contributed by atoms with E-state index in [0.29, 0.717) is 22.8 Å². The van der Waals surface area contributed by atoms with Crippen LogP contribution < -0.4 is 19.1 Å². The van der Waals surface area contributed by atoms with Gasteiger partial charge in [0.05, 0.1) is 26.4 Å². The summed E-state index contributed by atoms with van der Waals surface area (Å²) >= 11 is 6.26. The van der Waals surface area contributed by atoms with Crippen LogP contribution in [0.15, 0.2) is 41.4 Å². The van der Waals surface area contributed by atoms with Gasteiger partial charge in [0.15, 0.2) is 11.5 Å². The number of carbonyl (C=O) groups is 1. The van der Waals surface area contributed by atoms with E-state index in [2.05, 4.69) is 0 Å². The zero-order valence-corrected chi connectivity index (χ0v) is 16.3. The van der Waals surface area contributed by atoms with Crippen molar-refractivity contribution in [1.29, 1.82) is 0 Å². The molecule has 0 aliphatic rings. The van der Waals surface area contributed by atoms with E-state index in [-0.39, 0.29) is 10.8 Å². The summed E-state index contributed by atoms with van der Waals surface area (Å²) in [4.78, 5) is 14.7. The maximum Gasteiger partial charge on any atom is 0.204 e. The number of carbonyl (C=O) groups excluding carboxylic acids is 1. The fourth-order valence-electron chi connectivity index (χ4n) is 2.43. The first kappa shape index (κ1) is 19.7. The third kappa shape index (κ3) is 4.29. The van der Waals surface area contributed by atoms with Gasteiger partial charge < -0.3 is 19.1 Å². The Labute approximate surface area is 158 Å². The third-order valence-electron chi connectivity index (χ3n) is 3.85. The Hall–Kier alpha value is -2.66. The van der Waals surface area contributed by atoms with Gasteiger partial charge >= 0.3 is 0 Å². The average molecular weight is 376 g/mol. The molecule has 0 radical (unpaired) electrons. The number of rotatable bonds is 7. The Balaban J connectivity index is 2.35. The van der Waals surface area contributed by atoms with Gasteiger partial charge in [0.25, 0.3) is 0 Å². The van der Waals surface area contributed by atoms with Crippen molar-refractivity contribution in [2.45, 2.75) is 0 Å². The van der Waals surface area contributed by atoms with E-state index < -0.39 is 0 Å². The van der Waals surface area contributed by atoms with E-state index in [1.165, 1.54) is 21.3 Å². The minimum atomic E-state index is -0.331. The van der Waals surface area contributed by atoms with Gasteiger partial charge in [0.1, 0.15) is 0 Å². The number of anilines is 1. The number of hydrogen-bond donors (Lipinski definition) is 0. The zero-order chi connectivity index (χ0) is 19.3. The first-order chi connectivity index (χ1) is 12.4. The van der Waals surface area contributed by atoms with E-state index in [4.69, 9.17) is 25.8 Å². The van der Waals surface area contributed by atoms with E-state index >= 15 is 0 Å². The first-order valence-electron chi connectivity index (χ1n) is 7.90. The molecule has 0 amide bonds. The van der Waals surface area contributed by atoms with Gasteiger partial charge in [-0.3, -0.25) is 4.79 Å². The van der Waals surface area contributed by atoms with Crippen molar-refractivity contribution < 1.29 is 19.0 Å². The molecule has 0 bridgehead atoms. The highest BCUT2D eigenvalue weighted by atomic mass is 35.5. The lowest BCUT2D eigenvalue weighted by Gasteiger charge is -2.13. The number of nitrogens with zero attached hydrogens (tertiary/aromatic N) is 1. The van der Waals surface area contributed by atoms with Crippen molar-refractivity contribution >= 4 is 29.1 Å². The molecule has 0 aromatic heterocycles. The summed E-state index contributed by atoms with van der Waals surface area (Å²) in [6, 6.07) is 10.9. The molecule has 2 aromatic carbocycles. The maximum atomic E-state index is 12.7. The second-order valence-electron chi connectivity index (χ2n) is 5.72. The standard InChI is InChI=1S/C20H22ClNO4/c1-22(2)15-8-6-13(7-9-15)10-16(21)19(23)14-11-17(24-3)20(26-5)18(12-14)25-4/h6-12H,1-5H3. The van der Waals surface area contributed by atoms with Gasteiger partial charge in [-0.2, -0.15) is 0 Å².